The second kappa shape index (κ2) is 6.71. The smallest absolute Gasteiger partial charge is 0.211 e. The molecule has 4 nitrogen and oxygen atoms in total. The van der Waals surface area contributed by atoms with E-state index in [1.807, 2.05) is 13.8 Å². The van der Waals surface area contributed by atoms with E-state index >= 15 is 0 Å². The SMILES string of the molecule is CC(C)CCS(=O)(=O)NCC1CCCCC1N. The molecule has 0 bridgehead atoms. The van der Waals surface area contributed by atoms with Crippen LogP contribution in [0.2, 0.25) is 0 Å². The van der Waals surface area contributed by atoms with Gasteiger partial charge in [-0.2, -0.15) is 0 Å². The van der Waals surface area contributed by atoms with Gasteiger partial charge in [0.25, 0.3) is 0 Å². The van der Waals surface area contributed by atoms with Crippen molar-refractivity contribution in [2.75, 3.05) is 12.3 Å². The summed E-state index contributed by atoms with van der Waals surface area (Å²) >= 11 is 0. The summed E-state index contributed by atoms with van der Waals surface area (Å²) in [6.45, 7) is 4.58. The molecule has 0 amide bonds. The minimum atomic E-state index is -3.11. The molecule has 102 valence electrons. The van der Waals surface area contributed by atoms with Crippen LogP contribution in [0.4, 0.5) is 0 Å². The topological polar surface area (TPSA) is 72.2 Å². The van der Waals surface area contributed by atoms with Gasteiger partial charge < -0.3 is 5.73 Å². The third-order valence-electron chi connectivity index (χ3n) is 3.50. The lowest BCUT2D eigenvalue weighted by Crippen LogP contribution is -2.41. The first-order valence-corrected chi connectivity index (χ1v) is 8.29. The van der Waals surface area contributed by atoms with Gasteiger partial charge in [-0.05, 0) is 31.1 Å². The van der Waals surface area contributed by atoms with Gasteiger partial charge in [-0.3, -0.25) is 0 Å². The molecule has 1 fully saturated rings. The number of nitrogens with one attached hydrogen (secondary N) is 1. The molecule has 1 rings (SSSR count). The van der Waals surface area contributed by atoms with Crippen LogP contribution in [0.5, 0.6) is 0 Å². The Bertz CT molecular complexity index is 314. The van der Waals surface area contributed by atoms with E-state index in [4.69, 9.17) is 5.73 Å². The summed E-state index contributed by atoms with van der Waals surface area (Å²) in [7, 11) is -3.11. The van der Waals surface area contributed by atoms with E-state index in [1.54, 1.807) is 0 Å². The number of rotatable bonds is 6. The Balaban J connectivity index is 2.33. The van der Waals surface area contributed by atoms with Gasteiger partial charge in [0, 0.05) is 12.6 Å². The van der Waals surface area contributed by atoms with Gasteiger partial charge in [-0.25, -0.2) is 13.1 Å². The van der Waals surface area contributed by atoms with Gasteiger partial charge >= 0.3 is 0 Å². The van der Waals surface area contributed by atoms with Crippen molar-refractivity contribution in [2.24, 2.45) is 17.6 Å². The third-order valence-corrected chi connectivity index (χ3v) is 4.88. The van der Waals surface area contributed by atoms with Crippen molar-refractivity contribution < 1.29 is 8.42 Å². The van der Waals surface area contributed by atoms with Crippen molar-refractivity contribution >= 4 is 10.0 Å². The highest BCUT2D eigenvalue weighted by Crippen LogP contribution is 2.22. The standard InChI is InChI=1S/C12H26N2O2S/c1-10(2)7-8-17(15,16)14-9-11-5-3-4-6-12(11)13/h10-12,14H,3-9,13H2,1-2H3. The molecule has 17 heavy (non-hydrogen) atoms. The van der Waals surface area contributed by atoms with Gasteiger partial charge in [0.05, 0.1) is 5.75 Å². The molecule has 2 atom stereocenters. The lowest BCUT2D eigenvalue weighted by molar-refractivity contribution is 0.308. The lowest BCUT2D eigenvalue weighted by atomic mass is 9.85. The van der Waals surface area contributed by atoms with Gasteiger partial charge in [-0.15, -0.1) is 0 Å². The summed E-state index contributed by atoms with van der Waals surface area (Å²) in [5, 5.41) is 0. The second-order valence-electron chi connectivity index (χ2n) is 5.56. The Labute approximate surface area is 105 Å². The van der Waals surface area contributed by atoms with E-state index in [-0.39, 0.29) is 11.8 Å². The van der Waals surface area contributed by atoms with Gasteiger partial charge in [0.2, 0.25) is 10.0 Å². The lowest BCUT2D eigenvalue weighted by Gasteiger charge is -2.28. The molecule has 0 aromatic heterocycles. The zero-order chi connectivity index (χ0) is 12.9. The Morgan fingerprint density at radius 3 is 2.53 bits per heavy atom. The normalized spacial score (nSPS) is 26.4. The first kappa shape index (κ1) is 14.9. The van der Waals surface area contributed by atoms with Crippen LogP contribution >= 0.6 is 0 Å². The molecule has 0 spiro atoms. The largest absolute Gasteiger partial charge is 0.327 e. The summed E-state index contributed by atoms with van der Waals surface area (Å²) in [6, 6.07) is 0.163. The van der Waals surface area contributed by atoms with Crippen LogP contribution in [0.15, 0.2) is 0 Å². The molecule has 1 aliphatic rings. The third kappa shape index (κ3) is 5.84. The highest BCUT2D eigenvalue weighted by molar-refractivity contribution is 7.89. The molecule has 2 unspecified atom stereocenters. The number of hydrogen-bond donors (Lipinski definition) is 2. The molecule has 0 radical (unpaired) electrons. The van der Waals surface area contributed by atoms with Gasteiger partial charge in [0.1, 0.15) is 0 Å². The molecule has 0 heterocycles. The first-order chi connectivity index (χ1) is 7.91. The van der Waals surface area contributed by atoms with Crippen molar-refractivity contribution in [1.29, 1.82) is 0 Å². The van der Waals surface area contributed by atoms with Crippen molar-refractivity contribution in [3.63, 3.8) is 0 Å². The zero-order valence-electron chi connectivity index (χ0n) is 11.0. The summed E-state index contributed by atoms with van der Waals surface area (Å²) in [4.78, 5) is 0. The van der Waals surface area contributed by atoms with E-state index in [2.05, 4.69) is 4.72 Å². The van der Waals surface area contributed by atoms with E-state index in [0.717, 1.165) is 12.8 Å². The van der Waals surface area contributed by atoms with Gasteiger partial charge in [-0.1, -0.05) is 26.7 Å². The van der Waals surface area contributed by atoms with Crippen LogP contribution in [-0.4, -0.2) is 26.8 Å². The molecule has 1 aliphatic carbocycles. The highest BCUT2D eigenvalue weighted by Gasteiger charge is 2.23. The minimum absolute atomic E-state index is 0.163. The summed E-state index contributed by atoms with van der Waals surface area (Å²) in [5.74, 6) is 0.966. The van der Waals surface area contributed by atoms with E-state index in [9.17, 15) is 8.42 Å². The first-order valence-electron chi connectivity index (χ1n) is 6.63. The van der Waals surface area contributed by atoms with Crippen LogP contribution in [0, 0.1) is 11.8 Å². The molecular weight excluding hydrogens is 236 g/mol. The predicted molar refractivity (Wildman–Crippen MR) is 71.2 cm³/mol. The fraction of sp³-hybridized carbons (Fsp3) is 1.00. The number of sulfonamides is 1. The summed E-state index contributed by atoms with van der Waals surface area (Å²) < 4.78 is 26.2. The Kier molecular flexibility index (Phi) is 5.89. The molecular formula is C12H26N2O2S. The quantitative estimate of drug-likeness (QED) is 0.761. The monoisotopic (exact) mass is 262 g/mol. The number of hydrogen-bond acceptors (Lipinski definition) is 3. The predicted octanol–water partition coefficient (Wildman–Crippen LogP) is 1.47. The average molecular weight is 262 g/mol. The van der Waals surface area contributed by atoms with Crippen LogP contribution in [0.3, 0.4) is 0 Å². The van der Waals surface area contributed by atoms with E-state index in [0.29, 0.717) is 24.8 Å². The Morgan fingerprint density at radius 2 is 1.94 bits per heavy atom. The molecule has 0 saturated heterocycles. The van der Waals surface area contributed by atoms with Crippen molar-refractivity contribution in [1.82, 2.24) is 4.72 Å². The molecule has 1 saturated carbocycles. The number of nitrogens with two attached hydrogens (primary N) is 1. The van der Waals surface area contributed by atoms with Crippen LogP contribution in [-0.2, 0) is 10.0 Å². The summed E-state index contributed by atoms with van der Waals surface area (Å²) in [6.07, 6.45) is 5.14. The second-order valence-corrected chi connectivity index (χ2v) is 7.48. The summed E-state index contributed by atoms with van der Waals surface area (Å²) in [5.41, 5.74) is 6.00. The molecule has 0 aliphatic heterocycles. The maximum absolute atomic E-state index is 11.7. The van der Waals surface area contributed by atoms with Crippen molar-refractivity contribution in [3.8, 4) is 0 Å². The Morgan fingerprint density at radius 1 is 1.29 bits per heavy atom. The zero-order valence-corrected chi connectivity index (χ0v) is 11.8. The van der Waals surface area contributed by atoms with E-state index in [1.165, 1.54) is 12.8 Å². The molecule has 3 N–H and O–H groups in total. The Hall–Kier alpha value is -0.130. The van der Waals surface area contributed by atoms with Crippen molar-refractivity contribution in [3.05, 3.63) is 0 Å². The highest BCUT2D eigenvalue weighted by atomic mass is 32.2. The fourth-order valence-electron chi connectivity index (χ4n) is 2.19. The van der Waals surface area contributed by atoms with Gasteiger partial charge in [0.15, 0.2) is 0 Å². The average Bonchev–Trinajstić information content (AvgIpc) is 2.26. The van der Waals surface area contributed by atoms with E-state index < -0.39 is 10.0 Å². The van der Waals surface area contributed by atoms with Crippen LogP contribution < -0.4 is 10.5 Å². The minimum Gasteiger partial charge on any atom is -0.327 e. The fourth-order valence-corrected chi connectivity index (χ4v) is 3.58. The van der Waals surface area contributed by atoms with Crippen LogP contribution in [0.25, 0.3) is 0 Å². The van der Waals surface area contributed by atoms with Crippen molar-refractivity contribution in [2.45, 2.75) is 52.0 Å². The van der Waals surface area contributed by atoms with Crippen LogP contribution in [0.1, 0.15) is 46.0 Å². The molecule has 0 aromatic carbocycles. The maximum atomic E-state index is 11.7. The maximum Gasteiger partial charge on any atom is 0.211 e. The molecule has 0 aromatic rings. The molecule has 5 heteroatoms.